The molecule has 1 aromatic rings. The first kappa shape index (κ1) is 15.8. The third kappa shape index (κ3) is 3.75. The Hall–Kier alpha value is -1.56. The quantitative estimate of drug-likeness (QED) is 0.863. The summed E-state index contributed by atoms with van der Waals surface area (Å²) < 4.78 is 37.8. The van der Waals surface area contributed by atoms with E-state index >= 15 is 0 Å². The van der Waals surface area contributed by atoms with Crippen molar-refractivity contribution in [2.45, 2.75) is 32.0 Å². The first-order valence-electron chi connectivity index (χ1n) is 7.10. The van der Waals surface area contributed by atoms with E-state index in [1.54, 1.807) is 6.20 Å². The minimum atomic E-state index is -4.20. The Kier molecular flexibility index (Phi) is 4.88. The fourth-order valence-electron chi connectivity index (χ4n) is 2.51. The van der Waals surface area contributed by atoms with Gasteiger partial charge >= 0.3 is 6.18 Å². The number of aromatic nitrogens is 1. The second kappa shape index (κ2) is 6.47. The van der Waals surface area contributed by atoms with Gasteiger partial charge in [0.05, 0.1) is 17.6 Å². The van der Waals surface area contributed by atoms with Crippen molar-refractivity contribution in [1.29, 1.82) is 0 Å². The van der Waals surface area contributed by atoms with Crippen LogP contribution in [0.25, 0.3) is 0 Å². The number of anilines is 1. The molecule has 21 heavy (non-hydrogen) atoms. The maximum atomic E-state index is 12.6. The lowest BCUT2D eigenvalue weighted by atomic mass is 10.1. The zero-order chi connectivity index (χ0) is 15.5. The first-order chi connectivity index (χ1) is 9.95. The Morgan fingerprint density at radius 1 is 1.38 bits per heavy atom. The smallest absolute Gasteiger partial charge is 0.366 e. The molecule has 1 aromatic heterocycles. The number of alkyl halides is 3. The summed E-state index contributed by atoms with van der Waals surface area (Å²) in [5, 5.41) is 3.18. The molecule has 0 bridgehead atoms. The van der Waals surface area contributed by atoms with Gasteiger partial charge in [0.1, 0.15) is 0 Å². The van der Waals surface area contributed by atoms with Crippen molar-refractivity contribution in [3.05, 3.63) is 35.7 Å². The number of rotatable bonds is 4. The normalized spacial score (nSPS) is 17.6. The molecular weight excluding hydrogens is 279 g/mol. The summed E-state index contributed by atoms with van der Waals surface area (Å²) in [6, 6.07) is 4.06. The van der Waals surface area contributed by atoms with Crippen molar-refractivity contribution in [2.75, 3.05) is 25.0 Å². The Morgan fingerprint density at radius 2 is 2.14 bits per heavy atom. The maximum Gasteiger partial charge on any atom is 0.412 e. The van der Waals surface area contributed by atoms with Gasteiger partial charge in [0.2, 0.25) is 0 Å². The van der Waals surface area contributed by atoms with Crippen LogP contribution in [0, 0.1) is 0 Å². The van der Waals surface area contributed by atoms with Crippen molar-refractivity contribution in [3.63, 3.8) is 0 Å². The molecule has 116 valence electrons. The number of nitrogens with zero attached hydrogens (tertiary/aromatic N) is 2. The first-order valence-corrected chi connectivity index (χ1v) is 7.10. The SMILES string of the molecule is CCC(NC)c1ccc(N2CC=C(C(F)(F)F)CC2)cn1. The summed E-state index contributed by atoms with van der Waals surface area (Å²) in [4.78, 5) is 6.33. The molecule has 0 spiro atoms. The molecule has 0 amide bonds. The highest BCUT2D eigenvalue weighted by Crippen LogP contribution is 2.31. The van der Waals surface area contributed by atoms with Crippen molar-refractivity contribution in [3.8, 4) is 0 Å². The second-order valence-corrected chi connectivity index (χ2v) is 5.11. The van der Waals surface area contributed by atoms with Gasteiger partial charge in [0, 0.05) is 24.7 Å². The highest BCUT2D eigenvalue weighted by atomic mass is 19.4. The van der Waals surface area contributed by atoms with Crippen LogP contribution in [0.1, 0.15) is 31.5 Å². The fraction of sp³-hybridized carbons (Fsp3) is 0.533. The van der Waals surface area contributed by atoms with Crippen LogP contribution in [0.3, 0.4) is 0 Å². The lowest BCUT2D eigenvalue weighted by Crippen LogP contribution is -2.32. The highest BCUT2D eigenvalue weighted by Gasteiger charge is 2.34. The molecule has 3 nitrogen and oxygen atoms in total. The van der Waals surface area contributed by atoms with Gasteiger partial charge in [-0.3, -0.25) is 4.98 Å². The standard InChI is InChI=1S/C15H20F3N3/c1-3-13(19-2)14-5-4-12(10-20-14)21-8-6-11(7-9-21)15(16,17)18/h4-6,10,13,19H,3,7-9H2,1-2H3. The van der Waals surface area contributed by atoms with Crippen LogP contribution in [0.15, 0.2) is 30.0 Å². The van der Waals surface area contributed by atoms with E-state index in [-0.39, 0.29) is 19.0 Å². The summed E-state index contributed by atoms with van der Waals surface area (Å²) in [6.45, 7) is 2.72. The van der Waals surface area contributed by atoms with Gasteiger partial charge in [-0.1, -0.05) is 13.0 Å². The molecule has 1 aliphatic heterocycles. The van der Waals surface area contributed by atoms with Crippen LogP contribution in [0.4, 0.5) is 18.9 Å². The molecule has 1 atom stereocenters. The summed E-state index contributed by atoms with van der Waals surface area (Å²) in [7, 11) is 1.89. The van der Waals surface area contributed by atoms with Crippen molar-refractivity contribution >= 4 is 5.69 Å². The number of hydrogen-bond donors (Lipinski definition) is 1. The lowest BCUT2D eigenvalue weighted by Gasteiger charge is -2.29. The van der Waals surface area contributed by atoms with Crippen LogP contribution in [-0.2, 0) is 0 Å². The molecular formula is C15H20F3N3. The maximum absolute atomic E-state index is 12.6. The Balaban J connectivity index is 2.06. The van der Waals surface area contributed by atoms with Gasteiger partial charge in [-0.15, -0.1) is 0 Å². The Labute approximate surface area is 122 Å². The summed E-state index contributed by atoms with van der Waals surface area (Å²) in [5.41, 5.74) is 1.39. The zero-order valence-electron chi connectivity index (χ0n) is 12.2. The molecule has 0 saturated heterocycles. The molecule has 0 aromatic carbocycles. The van der Waals surface area contributed by atoms with Gasteiger partial charge in [-0.25, -0.2) is 0 Å². The third-order valence-corrected chi connectivity index (χ3v) is 3.82. The molecule has 1 unspecified atom stereocenters. The van der Waals surface area contributed by atoms with Gasteiger partial charge in [-0.2, -0.15) is 13.2 Å². The number of pyridine rings is 1. The van der Waals surface area contributed by atoms with Gasteiger partial charge < -0.3 is 10.2 Å². The molecule has 1 N–H and O–H groups in total. The van der Waals surface area contributed by atoms with Crippen LogP contribution >= 0.6 is 0 Å². The minimum absolute atomic E-state index is 0.0271. The van der Waals surface area contributed by atoms with E-state index in [9.17, 15) is 13.2 Å². The largest absolute Gasteiger partial charge is 0.412 e. The summed E-state index contributed by atoms with van der Waals surface area (Å²) in [5.74, 6) is 0. The minimum Gasteiger partial charge on any atom is -0.366 e. The van der Waals surface area contributed by atoms with E-state index in [4.69, 9.17) is 0 Å². The zero-order valence-corrected chi connectivity index (χ0v) is 12.2. The molecule has 0 radical (unpaired) electrons. The number of halogens is 3. The average Bonchev–Trinajstić information content (AvgIpc) is 2.48. The molecule has 1 aliphatic rings. The van der Waals surface area contributed by atoms with E-state index in [1.165, 1.54) is 6.08 Å². The molecule has 0 saturated carbocycles. The molecule has 0 fully saturated rings. The Morgan fingerprint density at radius 3 is 2.57 bits per heavy atom. The van der Waals surface area contributed by atoms with E-state index < -0.39 is 11.7 Å². The monoisotopic (exact) mass is 299 g/mol. The summed E-state index contributed by atoms with van der Waals surface area (Å²) >= 11 is 0. The third-order valence-electron chi connectivity index (χ3n) is 3.82. The Bertz CT molecular complexity index is 490. The van der Waals surface area contributed by atoms with Crippen molar-refractivity contribution < 1.29 is 13.2 Å². The highest BCUT2D eigenvalue weighted by molar-refractivity contribution is 5.47. The average molecular weight is 299 g/mol. The molecule has 2 rings (SSSR count). The van der Waals surface area contributed by atoms with Crippen molar-refractivity contribution in [1.82, 2.24) is 10.3 Å². The second-order valence-electron chi connectivity index (χ2n) is 5.11. The van der Waals surface area contributed by atoms with Crippen molar-refractivity contribution in [2.24, 2.45) is 0 Å². The topological polar surface area (TPSA) is 28.2 Å². The number of hydrogen-bond acceptors (Lipinski definition) is 3. The predicted octanol–water partition coefficient (Wildman–Crippen LogP) is 3.45. The predicted molar refractivity (Wildman–Crippen MR) is 77.3 cm³/mol. The lowest BCUT2D eigenvalue weighted by molar-refractivity contribution is -0.0943. The summed E-state index contributed by atoms with van der Waals surface area (Å²) in [6.07, 6.45) is -0.236. The number of nitrogens with one attached hydrogen (secondary N) is 1. The molecule has 2 heterocycles. The van der Waals surface area contributed by atoms with Crippen LogP contribution in [-0.4, -0.2) is 31.3 Å². The molecule has 6 heteroatoms. The van der Waals surface area contributed by atoms with Crippen LogP contribution in [0.2, 0.25) is 0 Å². The van der Waals surface area contributed by atoms with Gasteiger partial charge in [0.25, 0.3) is 0 Å². The fourth-order valence-corrected chi connectivity index (χ4v) is 2.51. The van der Waals surface area contributed by atoms with Gasteiger partial charge in [0.15, 0.2) is 0 Å². The van der Waals surface area contributed by atoms with E-state index in [0.717, 1.165) is 17.8 Å². The van der Waals surface area contributed by atoms with Gasteiger partial charge in [-0.05, 0) is 32.0 Å². The van der Waals surface area contributed by atoms with Crippen LogP contribution in [0.5, 0.6) is 0 Å². The van der Waals surface area contributed by atoms with E-state index in [1.807, 2.05) is 24.1 Å². The van der Waals surface area contributed by atoms with Crippen LogP contribution < -0.4 is 10.2 Å². The van der Waals surface area contributed by atoms with E-state index in [2.05, 4.69) is 17.2 Å². The molecule has 0 aliphatic carbocycles. The van der Waals surface area contributed by atoms with E-state index in [0.29, 0.717) is 6.54 Å².